The van der Waals surface area contributed by atoms with Gasteiger partial charge in [0, 0.05) is 35.0 Å². The Hall–Kier alpha value is -1.71. The molecular formula is C22H33N3O8P3S+. The lowest BCUT2D eigenvalue weighted by Crippen LogP contribution is -2.27. The summed E-state index contributed by atoms with van der Waals surface area (Å²) in [5, 5.41) is 4.36. The molecule has 0 amide bonds. The number of hydrogen-bond donors (Lipinski definition) is 0. The van der Waals surface area contributed by atoms with Crippen LogP contribution in [0.2, 0.25) is 0 Å². The number of ether oxygens (including phenoxy) is 1. The Morgan fingerprint density at radius 2 is 1.32 bits per heavy atom. The van der Waals surface area contributed by atoms with E-state index in [-0.39, 0.29) is 19.1 Å². The minimum absolute atomic E-state index is 0.108. The smallest absolute Gasteiger partial charge is 0.497 e. The third-order valence-corrected chi connectivity index (χ3v) is 10.7. The standard InChI is InChI=1S/C22H33N3O8P3S/c1-24(23-15-19-7-11-21(28-2)12-8-19)34(37)33-22-13-9-20(10-14-22)16-25(17-35(26,29-3)30-4)18-36(27,31-5)32-6/h7-15H,16-18H2,1-6H3/q+1/b23-15+. The van der Waals surface area contributed by atoms with E-state index in [1.807, 2.05) is 36.4 Å². The van der Waals surface area contributed by atoms with E-state index in [1.165, 1.54) is 28.4 Å². The van der Waals surface area contributed by atoms with Gasteiger partial charge >= 0.3 is 22.3 Å². The van der Waals surface area contributed by atoms with E-state index in [0.717, 1.165) is 16.9 Å². The fraction of sp³-hybridized carbons (Fsp3) is 0.409. The van der Waals surface area contributed by atoms with Crippen molar-refractivity contribution in [3.8, 4) is 11.5 Å². The summed E-state index contributed by atoms with van der Waals surface area (Å²) in [6.07, 6.45) is 1.48. The van der Waals surface area contributed by atoms with Crippen LogP contribution in [0.25, 0.3) is 0 Å². The van der Waals surface area contributed by atoms with Crippen LogP contribution in [-0.4, -0.2) is 71.1 Å². The fourth-order valence-electron chi connectivity index (χ4n) is 2.96. The first-order valence-electron chi connectivity index (χ1n) is 10.9. The van der Waals surface area contributed by atoms with Gasteiger partial charge in [0.05, 0.1) is 20.4 Å². The Labute approximate surface area is 224 Å². The monoisotopic (exact) mass is 592 g/mol. The number of nitrogens with zero attached hydrogens (tertiary/aromatic N) is 3. The maximum Gasteiger partial charge on any atom is 0.540 e. The molecule has 0 aliphatic rings. The van der Waals surface area contributed by atoms with Gasteiger partial charge < -0.3 is 22.8 Å². The third kappa shape index (κ3) is 10.2. The zero-order valence-electron chi connectivity index (χ0n) is 21.7. The molecule has 15 heteroatoms. The van der Waals surface area contributed by atoms with Crippen molar-refractivity contribution in [1.82, 2.24) is 9.68 Å². The molecule has 0 saturated heterocycles. The Morgan fingerprint density at radius 3 is 1.78 bits per heavy atom. The number of rotatable bonds is 16. The predicted molar refractivity (Wildman–Crippen MR) is 148 cm³/mol. The number of hydrazone groups is 1. The molecule has 0 aromatic heterocycles. The Morgan fingerprint density at radius 1 is 0.838 bits per heavy atom. The molecule has 0 spiro atoms. The number of benzene rings is 2. The molecule has 0 aliphatic heterocycles. The van der Waals surface area contributed by atoms with Crippen LogP contribution in [0, 0.1) is 0 Å². The van der Waals surface area contributed by atoms with Crippen molar-refractivity contribution in [3.05, 3.63) is 59.7 Å². The molecule has 0 bridgehead atoms. The van der Waals surface area contributed by atoms with Crippen LogP contribution in [0.3, 0.4) is 0 Å². The summed E-state index contributed by atoms with van der Waals surface area (Å²) in [4.78, 5) is 1.64. The first-order valence-corrected chi connectivity index (χ1v) is 16.6. The van der Waals surface area contributed by atoms with Crippen LogP contribution >= 0.6 is 22.3 Å². The highest BCUT2D eigenvalue weighted by atomic mass is 32.4. The van der Waals surface area contributed by atoms with Crippen LogP contribution in [0.5, 0.6) is 11.5 Å². The van der Waals surface area contributed by atoms with Gasteiger partial charge in [-0.3, -0.25) is 18.6 Å². The summed E-state index contributed by atoms with van der Waals surface area (Å²) in [5.41, 5.74) is 1.74. The second-order valence-electron chi connectivity index (χ2n) is 7.54. The van der Waals surface area contributed by atoms with Crippen molar-refractivity contribution in [2.45, 2.75) is 6.54 Å². The van der Waals surface area contributed by atoms with Crippen molar-refractivity contribution in [3.63, 3.8) is 0 Å². The molecule has 2 rings (SSSR count). The molecule has 0 fully saturated rings. The molecule has 0 N–H and O–H groups in total. The number of hydrogen-bond acceptors (Lipinski definition) is 11. The lowest BCUT2D eigenvalue weighted by Gasteiger charge is -2.27. The molecular weight excluding hydrogens is 559 g/mol. The van der Waals surface area contributed by atoms with Crippen molar-refractivity contribution in [1.29, 1.82) is 0 Å². The van der Waals surface area contributed by atoms with E-state index in [4.69, 9.17) is 39.2 Å². The summed E-state index contributed by atoms with van der Waals surface area (Å²) >= 11 is 5.48. The molecule has 1 atom stereocenters. The van der Waals surface area contributed by atoms with Crippen LogP contribution in [0.4, 0.5) is 0 Å². The summed E-state index contributed by atoms with van der Waals surface area (Å²) < 4.78 is 58.3. The summed E-state index contributed by atoms with van der Waals surface area (Å²) in [7, 11) is 0.258. The van der Waals surface area contributed by atoms with E-state index in [0.29, 0.717) is 5.75 Å². The van der Waals surface area contributed by atoms with Crippen LogP contribution < -0.4 is 9.26 Å². The van der Waals surface area contributed by atoms with Gasteiger partial charge in [0.15, 0.2) is 5.75 Å². The van der Waals surface area contributed by atoms with Gasteiger partial charge in [0.2, 0.25) is 11.8 Å². The maximum atomic E-state index is 12.7. The Balaban J connectivity index is 2.05. The molecule has 0 saturated carbocycles. The topological polar surface area (TPSA) is 108 Å². The highest BCUT2D eigenvalue weighted by Gasteiger charge is 2.32. The quantitative estimate of drug-likeness (QED) is 0.140. The molecule has 0 radical (unpaired) electrons. The minimum Gasteiger partial charge on any atom is -0.497 e. The minimum atomic E-state index is -3.42. The van der Waals surface area contributed by atoms with E-state index in [1.54, 1.807) is 42.2 Å². The second-order valence-corrected chi connectivity index (χ2v) is 14.2. The van der Waals surface area contributed by atoms with Crippen molar-refractivity contribution in [2.24, 2.45) is 5.10 Å². The van der Waals surface area contributed by atoms with Crippen LogP contribution in [0.1, 0.15) is 11.1 Å². The lowest BCUT2D eigenvalue weighted by molar-refractivity contribution is 0.220. The number of methoxy groups -OCH3 is 1. The van der Waals surface area contributed by atoms with E-state index in [9.17, 15) is 9.13 Å². The van der Waals surface area contributed by atoms with Crippen LogP contribution in [-0.2, 0) is 45.6 Å². The van der Waals surface area contributed by atoms with Gasteiger partial charge in [0.1, 0.15) is 18.3 Å². The van der Waals surface area contributed by atoms with Gasteiger partial charge in [-0.05, 0) is 47.5 Å². The SMILES string of the molecule is COc1ccc(/C=N/N(C)[P+](=S)Oc2ccc(CN(CP(=O)(OC)OC)CP(=O)(OC)OC)cc2)cc1. The highest BCUT2D eigenvalue weighted by molar-refractivity contribution is 8.02. The largest absolute Gasteiger partial charge is 0.540 e. The van der Waals surface area contributed by atoms with Gasteiger partial charge in [-0.15, -0.1) is 5.10 Å². The van der Waals surface area contributed by atoms with Crippen molar-refractivity contribution < 1.29 is 36.5 Å². The first kappa shape index (κ1) is 31.5. The summed E-state index contributed by atoms with van der Waals surface area (Å²) in [6.45, 7) is 0.280. The van der Waals surface area contributed by atoms with Gasteiger partial charge in [-0.1, -0.05) is 16.9 Å². The highest BCUT2D eigenvalue weighted by Crippen LogP contribution is 2.51. The molecule has 11 nitrogen and oxygen atoms in total. The normalized spacial score (nSPS) is 12.7. The predicted octanol–water partition coefficient (Wildman–Crippen LogP) is 5.50. The van der Waals surface area contributed by atoms with Gasteiger partial charge in [-0.2, -0.15) is 0 Å². The second kappa shape index (κ2) is 15.0. The third-order valence-electron chi connectivity index (χ3n) is 5.10. The van der Waals surface area contributed by atoms with Crippen molar-refractivity contribution >= 4 is 40.3 Å². The maximum absolute atomic E-state index is 12.7. The zero-order chi connectivity index (χ0) is 27.5. The average Bonchev–Trinajstić information content (AvgIpc) is 2.92. The molecule has 37 heavy (non-hydrogen) atoms. The molecule has 2 aromatic carbocycles. The first-order chi connectivity index (χ1) is 17.6. The molecule has 1 unspecified atom stereocenters. The zero-order valence-corrected chi connectivity index (χ0v) is 25.2. The molecule has 0 heterocycles. The summed E-state index contributed by atoms with van der Waals surface area (Å²) in [6, 6.07) is 14.7. The Kier molecular flexibility index (Phi) is 12.8. The molecule has 2 aromatic rings. The molecule has 204 valence electrons. The van der Waals surface area contributed by atoms with Crippen molar-refractivity contribution in [2.75, 3.05) is 55.2 Å². The van der Waals surface area contributed by atoms with E-state index in [2.05, 4.69) is 5.10 Å². The van der Waals surface area contributed by atoms with E-state index < -0.39 is 22.3 Å². The van der Waals surface area contributed by atoms with Gasteiger partial charge in [-0.25, -0.2) is 0 Å². The average molecular weight is 593 g/mol. The Bertz CT molecular complexity index is 1090. The lowest BCUT2D eigenvalue weighted by atomic mass is 10.2. The van der Waals surface area contributed by atoms with E-state index >= 15 is 0 Å². The molecule has 0 aliphatic carbocycles. The fourth-order valence-corrected chi connectivity index (χ4v) is 6.20. The van der Waals surface area contributed by atoms with Crippen LogP contribution in [0.15, 0.2) is 53.6 Å². The van der Waals surface area contributed by atoms with Gasteiger partial charge in [0.25, 0.3) is 0 Å². The summed E-state index contributed by atoms with van der Waals surface area (Å²) in [5.74, 6) is 1.34.